The van der Waals surface area contributed by atoms with Gasteiger partial charge in [-0.3, -0.25) is 0 Å². The van der Waals surface area contributed by atoms with Crippen molar-refractivity contribution in [1.82, 2.24) is 10.3 Å². The highest BCUT2D eigenvalue weighted by atomic mass is 35.5. The van der Waals surface area contributed by atoms with Gasteiger partial charge < -0.3 is 10.1 Å². The Bertz CT molecular complexity index is 563. The Morgan fingerprint density at radius 1 is 1.37 bits per heavy atom. The lowest BCUT2D eigenvalue weighted by Gasteiger charge is -2.08. The van der Waals surface area contributed by atoms with Crippen LogP contribution in [0.25, 0.3) is 0 Å². The highest BCUT2D eigenvalue weighted by Crippen LogP contribution is 2.29. The standard InChI is InChI=1S/C14H14ClFN2O/c1-2-17-8-10-7-11(15)14(18-9-10)19-13-6-4-3-5-12(13)16/h3-7,9,17H,2,8H2,1H3. The van der Waals surface area contributed by atoms with Gasteiger partial charge in [0.2, 0.25) is 5.88 Å². The van der Waals surface area contributed by atoms with Crippen LogP contribution in [0.5, 0.6) is 11.6 Å². The number of nitrogens with zero attached hydrogens (tertiary/aromatic N) is 1. The minimum absolute atomic E-state index is 0.108. The van der Waals surface area contributed by atoms with E-state index in [1.165, 1.54) is 12.1 Å². The fourth-order valence-corrected chi connectivity index (χ4v) is 1.77. The van der Waals surface area contributed by atoms with Gasteiger partial charge >= 0.3 is 0 Å². The molecule has 1 aromatic carbocycles. The van der Waals surface area contributed by atoms with Crippen LogP contribution in [-0.2, 0) is 6.54 Å². The Hall–Kier alpha value is -1.65. The van der Waals surface area contributed by atoms with E-state index in [9.17, 15) is 4.39 Å². The summed E-state index contributed by atoms with van der Waals surface area (Å²) in [7, 11) is 0. The van der Waals surface area contributed by atoms with Crippen LogP contribution in [0.15, 0.2) is 36.5 Å². The quantitative estimate of drug-likeness (QED) is 0.905. The van der Waals surface area contributed by atoms with E-state index in [2.05, 4.69) is 10.3 Å². The Labute approximate surface area is 116 Å². The van der Waals surface area contributed by atoms with Crippen LogP contribution in [0.4, 0.5) is 4.39 Å². The van der Waals surface area contributed by atoms with Crippen LogP contribution < -0.4 is 10.1 Å². The molecule has 0 atom stereocenters. The van der Waals surface area contributed by atoms with E-state index in [-0.39, 0.29) is 11.6 Å². The summed E-state index contributed by atoms with van der Waals surface area (Å²) < 4.78 is 18.8. The first kappa shape index (κ1) is 13.8. The molecule has 0 aliphatic carbocycles. The second-order valence-corrected chi connectivity index (χ2v) is 4.35. The van der Waals surface area contributed by atoms with Gasteiger partial charge in [0.05, 0.1) is 0 Å². The summed E-state index contributed by atoms with van der Waals surface area (Å²) >= 11 is 6.07. The summed E-state index contributed by atoms with van der Waals surface area (Å²) in [6, 6.07) is 7.89. The SMILES string of the molecule is CCNCc1cnc(Oc2ccccc2F)c(Cl)c1. The van der Waals surface area contributed by atoms with Crippen molar-refractivity contribution in [3.8, 4) is 11.6 Å². The van der Waals surface area contributed by atoms with Crippen molar-refractivity contribution in [2.24, 2.45) is 0 Å². The van der Waals surface area contributed by atoms with Gasteiger partial charge in [-0.15, -0.1) is 0 Å². The number of halogens is 2. The van der Waals surface area contributed by atoms with Crippen molar-refractivity contribution >= 4 is 11.6 Å². The Morgan fingerprint density at radius 2 is 2.16 bits per heavy atom. The normalized spacial score (nSPS) is 10.5. The first-order chi connectivity index (χ1) is 9.20. The molecule has 0 bridgehead atoms. The molecular weight excluding hydrogens is 267 g/mol. The summed E-state index contributed by atoms with van der Waals surface area (Å²) in [6.07, 6.45) is 1.66. The van der Waals surface area contributed by atoms with Crippen molar-refractivity contribution in [3.05, 3.63) is 52.9 Å². The number of benzene rings is 1. The maximum atomic E-state index is 13.4. The Morgan fingerprint density at radius 3 is 2.84 bits per heavy atom. The summed E-state index contributed by atoms with van der Waals surface area (Å²) in [5.41, 5.74) is 0.952. The van der Waals surface area contributed by atoms with Gasteiger partial charge in [-0.05, 0) is 30.3 Å². The number of aromatic nitrogens is 1. The van der Waals surface area contributed by atoms with Gasteiger partial charge in [-0.2, -0.15) is 0 Å². The van der Waals surface area contributed by atoms with Gasteiger partial charge in [0.25, 0.3) is 0 Å². The Kier molecular flexibility index (Phi) is 4.71. The van der Waals surface area contributed by atoms with Crippen LogP contribution in [0, 0.1) is 5.82 Å². The number of hydrogen-bond acceptors (Lipinski definition) is 3. The molecule has 100 valence electrons. The molecule has 2 rings (SSSR count). The first-order valence-electron chi connectivity index (χ1n) is 5.98. The molecule has 0 saturated heterocycles. The fourth-order valence-electron chi connectivity index (χ4n) is 1.54. The number of hydrogen-bond donors (Lipinski definition) is 1. The molecule has 0 fully saturated rings. The molecule has 5 heteroatoms. The van der Waals surface area contributed by atoms with E-state index >= 15 is 0 Å². The van der Waals surface area contributed by atoms with Crippen molar-refractivity contribution in [2.45, 2.75) is 13.5 Å². The average Bonchev–Trinajstić information content (AvgIpc) is 2.41. The van der Waals surface area contributed by atoms with E-state index in [4.69, 9.17) is 16.3 Å². The smallest absolute Gasteiger partial charge is 0.238 e. The van der Waals surface area contributed by atoms with Crippen LogP contribution >= 0.6 is 11.6 Å². The third-order valence-corrected chi connectivity index (χ3v) is 2.76. The monoisotopic (exact) mass is 280 g/mol. The average molecular weight is 281 g/mol. The zero-order chi connectivity index (χ0) is 13.7. The van der Waals surface area contributed by atoms with Crippen LogP contribution in [0.3, 0.4) is 0 Å². The molecular formula is C14H14ClFN2O. The molecule has 0 unspecified atom stereocenters. The lowest BCUT2D eigenvalue weighted by atomic mass is 10.3. The van der Waals surface area contributed by atoms with Gasteiger partial charge in [0.15, 0.2) is 11.6 Å². The van der Waals surface area contributed by atoms with Gasteiger partial charge in [-0.25, -0.2) is 9.37 Å². The lowest BCUT2D eigenvalue weighted by Crippen LogP contribution is -2.11. The third kappa shape index (κ3) is 3.66. The minimum atomic E-state index is -0.447. The number of para-hydroxylation sites is 1. The lowest BCUT2D eigenvalue weighted by molar-refractivity contribution is 0.427. The van der Waals surface area contributed by atoms with Crippen LogP contribution in [-0.4, -0.2) is 11.5 Å². The molecule has 2 aromatic rings. The predicted molar refractivity (Wildman–Crippen MR) is 73.1 cm³/mol. The van der Waals surface area contributed by atoms with E-state index < -0.39 is 5.82 Å². The fraction of sp³-hybridized carbons (Fsp3) is 0.214. The zero-order valence-corrected chi connectivity index (χ0v) is 11.2. The second kappa shape index (κ2) is 6.50. The molecule has 0 saturated carbocycles. The van der Waals surface area contributed by atoms with Crippen molar-refractivity contribution in [3.63, 3.8) is 0 Å². The summed E-state index contributed by atoms with van der Waals surface area (Å²) in [6.45, 7) is 3.57. The maximum absolute atomic E-state index is 13.4. The summed E-state index contributed by atoms with van der Waals surface area (Å²) in [4.78, 5) is 4.11. The molecule has 1 aromatic heterocycles. The molecule has 0 spiro atoms. The molecule has 0 amide bonds. The molecule has 19 heavy (non-hydrogen) atoms. The topological polar surface area (TPSA) is 34.2 Å². The maximum Gasteiger partial charge on any atom is 0.238 e. The first-order valence-corrected chi connectivity index (χ1v) is 6.36. The van der Waals surface area contributed by atoms with E-state index in [0.29, 0.717) is 11.6 Å². The summed E-state index contributed by atoms with van der Waals surface area (Å²) in [5, 5.41) is 3.53. The van der Waals surface area contributed by atoms with Gasteiger partial charge in [0, 0.05) is 12.7 Å². The number of nitrogens with one attached hydrogen (secondary N) is 1. The minimum Gasteiger partial charge on any atom is -0.434 e. The largest absolute Gasteiger partial charge is 0.434 e. The molecule has 1 heterocycles. The van der Waals surface area contributed by atoms with Gasteiger partial charge in [-0.1, -0.05) is 30.7 Å². The van der Waals surface area contributed by atoms with Crippen molar-refractivity contribution in [2.75, 3.05) is 6.54 Å². The van der Waals surface area contributed by atoms with Gasteiger partial charge in [0.1, 0.15) is 5.02 Å². The molecule has 3 nitrogen and oxygen atoms in total. The molecule has 0 radical (unpaired) electrons. The Balaban J connectivity index is 2.15. The molecule has 1 N–H and O–H groups in total. The highest BCUT2D eigenvalue weighted by Gasteiger charge is 2.09. The van der Waals surface area contributed by atoms with E-state index in [1.807, 2.05) is 6.92 Å². The third-order valence-electron chi connectivity index (χ3n) is 2.49. The number of pyridine rings is 1. The van der Waals surface area contributed by atoms with Crippen LogP contribution in [0.2, 0.25) is 5.02 Å². The van der Waals surface area contributed by atoms with Crippen LogP contribution in [0.1, 0.15) is 12.5 Å². The number of ether oxygens (including phenoxy) is 1. The second-order valence-electron chi connectivity index (χ2n) is 3.94. The highest BCUT2D eigenvalue weighted by molar-refractivity contribution is 6.31. The molecule has 0 aliphatic heterocycles. The molecule has 0 aliphatic rings. The zero-order valence-electron chi connectivity index (χ0n) is 10.5. The number of rotatable bonds is 5. The summed E-state index contributed by atoms with van der Waals surface area (Å²) in [5.74, 6) is -0.138. The van der Waals surface area contributed by atoms with Crippen molar-refractivity contribution < 1.29 is 9.13 Å². The van der Waals surface area contributed by atoms with Crippen molar-refractivity contribution in [1.29, 1.82) is 0 Å². The van der Waals surface area contributed by atoms with E-state index in [0.717, 1.165) is 12.1 Å². The predicted octanol–water partition coefficient (Wildman–Crippen LogP) is 3.78. The van der Waals surface area contributed by atoms with E-state index in [1.54, 1.807) is 24.4 Å².